The standard InChI is InChI=1S/C39H30N2O2P2.C31H20ClN2OP.C8H10OP/c1-2-44(42,28-14-6-3-7-15-28)31-22-24-33-35-26-32(45(43,29-16-8-4-9-17-29)30-18-10-5-11-19-30)23-25-34(35)39-40-36-20-12-13-21-37(36)41(39)38(33)27-31;32-21-15-17-25-27-20-24(36(35,22-9-3-1-4-10-22)23-11-5-2-6-12-23)16-18-26(27)31-33-28-13-7-8-14-29(28)34(31)30(25)19-21;1-2-10(9)8-6-4-3-5-7-8/h3-27H,2H2,1H3;1-20H;3-7H,2H2,1H3/q;;+1. The van der Waals surface area contributed by atoms with Crippen LogP contribution in [0.15, 0.2) is 303 Å². The number of imidazole rings is 2. The number of hydrogen-bond donors (Lipinski definition) is 0. The zero-order valence-electron chi connectivity index (χ0n) is 49.9. The fourth-order valence-electron chi connectivity index (χ4n) is 12.7. The third-order valence-electron chi connectivity index (χ3n) is 17.2. The van der Waals surface area contributed by atoms with Gasteiger partial charge in [-0.05, 0) is 96.6 Å². The summed E-state index contributed by atoms with van der Waals surface area (Å²) in [5, 5.41) is 14.1. The lowest BCUT2D eigenvalue weighted by molar-refractivity contribution is 0.587. The number of para-hydroxylation sites is 4. The summed E-state index contributed by atoms with van der Waals surface area (Å²) in [5.74, 6) is 0. The molecular weight excluding hydrogens is 1220 g/mol. The Morgan fingerprint density at radius 2 is 0.692 bits per heavy atom. The van der Waals surface area contributed by atoms with Crippen LogP contribution in [0.2, 0.25) is 5.02 Å². The van der Waals surface area contributed by atoms with Gasteiger partial charge in [-0.15, -0.1) is 0 Å². The zero-order chi connectivity index (χ0) is 62.3. The van der Waals surface area contributed by atoms with E-state index in [1.165, 1.54) is 0 Å². The minimum atomic E-state index is -3.20. The SMILES string of the molecule is CCP(=O)(c1ccccc1)c1ccc2c3cc(P(=O)(c4ccccc4)c4ccccc4)ccc3c3nc4ccccc4n3c2c1.CC[P+](=O)c1ccccc1.O=P(c1ccccc1)(c1ccccc1)c1ccc2c(c1)c1ccc(Cl)cc1n1c3ccccc3nc21. The quantitative estimate of drug-likeness (QED) is 0.0944. The molecule has 2 atom stereocenters. The van der Waals surface area contributed by atoms with Gasteiger partial charge in [0, 0.05) is 75.2 Å². The second-order valence-corrected chi connectivity index (χ2v) is 33.3. The fourth-order valence-corrected chi connectivity index (χ4v) is 21.4. The molecule has 16 rings (SSSR count). The molecule has 0 aliphatic rings. The summed E-state index contributed by atoms with van der Waals surface area (Å²) in [7, 11) is -10.3. The normalized spacial score (nSPS) is 12.7. The largest absolute Gasteiger partial charge is 0.376 e. The smallest absolute Gasteiger partial charge is 0.314 e. The van der Waals surface area contributed by atoms with Crippen molar-refractivity contribution in [2.75, 3.05) is 12.3 Å². The molecule has 91 heavy (non-hydrogen) atoms. The van der Waals surface area contributed by atoms with Crippen molar-refractivity contribution in [3.8, 4) is 0 Å². The van der Waals surface area contributed by atoms with E-state index in [0.717, 1.165) is 131 Å². The van der Waals surface area contributed by atoms with E-state index in [2.05, 4.69) is 57.3 Å². The van der Waals surface area contributed by atoms with Gasteiger partial charge in [0.05, 0.1) is 33.1 Å². The minimum absolute atomic E-state index is 0.519. The van der Waals surface area contributed by atoms with Gasteiger partial charge in [0.25, 0.3) is 0 Å². The van der Waals surface area contributed by atoms with Gasteiger partial charge in [-0.2, -0.15) is 0 Å². The van der Waals surface area contributed by atoms with Gasteiger partial charge in [0.2, 0.25) is 0 Å². The van der Waals surface area contributed by atoms with Crippen molar-refractivity contribution in [3.63, 3.8) is 0 Å². The van der Waals surface area contributed by atoms with Crippen molar-refractivity contribution >= 4 is 165 Å². The monoisotopic (exact) mass is 1280 g/mol. The highest BCUT2D eigenvalue weighted by Gasteiger charge is 2.33. The van der Waals surface area contributed by atoms with Crippen LogP contribution < -0.4 is 47.7 Å². The molecule has 0 saturated carbocycles. The Morgan fingerprint density at radius 3 is 1.11 bits per heavy atom. The molecule has 0 saturated heterocycles. The number of halogens is 1. The van der Waals surface area contributed by atoms with Gasteiger partial charge in [-0.1, -0.05) is 248 Å². The van der Waals surface area contributed by atoms with Gasteiger partial charge in [-0.25, -0.2) is 9.97 Å². The Morgan fingerprint density at radius 1 is 0.341 bits per heavy atom. The van der Waals surface area contributed by atoms with Crippen molar-refractivity contribution < 1.29 is 18.3 Å². The third kappa shape index (κ3) is 10.5. The summed E-state index contributed by atoms with van der Waals surface area (Å²) < 4.78 is 60.5. The van der Waals surface area contributed by atoms with Crippen LogP contribution >= 0.6 is 40.8 Å². The first-order chi connectivity index (χ1) is 44.5. The minimum Gasteiger partial charge on any atom is -0.314 e. The maximum Gasteiger partial charge on any atom is 0.376 e. The highest BCUT2D eigenvalue weighted by atomic mass is 35.5. The van der Waals surface area contributed by atoms with Gasteiger partial charge in [0.1, 0.15) is 24.6 Å². The zero-order valence-corrected chi connectivity index (χ0v) is 54.2. The summed E-state index contributed by atoms with van der Waals surface area (Å²) in [6.07, 6.45) is 1.25. The Labute approximate surface area is 533 Å². The van der Waals surface area contributed by atoms with Crippen molar-refractivity contribution in [3.05, 3.63) is 308 Å². The first-order valence-electron chi connectivity index (χ1n) is 30.3. The van der Waals surface area contributed by atoms with Crippen LogP contribution in [-0.2, 0) is 18.3 Å². The van der Waals surface area contributed by atoms with Crippen LogP contribution in [0.4, 0.5) is 0 Å². The molecule has 12 aromatic carbocycles. The molecule has 0 fully saturated rings. The maximum atomic E-state index is 15.3. The van der Waals surface area contributed by atoms with E-state index < -0.39 is 29.2 Å². The molecule has 16 aromatic rings. The van der Waals surface area contributed by atoms with E-state index >= 15 is 9.13 Å². The third-order valence-corrected chi connectivity index (χ3v) is 28.1. The van der Waals surface area contributed by atoms with Gasteiger partial charge >= 0.3 is 7.80 Å². The maximum absolute atomic E-state index is 15.3. The number of aromatic nitrogens is 4. The molecule has 13 heteroatoms. The molecule has 0 radical (unpaired) electrons. The predicted molar refractivity (Wildman–Crippen MR) is 387 cm³/mol. The molecule has 0 N–H and O–H groups in total. The van der Waals surface area contributed by atoms with Gasteiger partial charge < -0.3 is 13.7 Å². The first-order valence-corrected chi connectivity index (χ1v) is 37.4. The van der Waals surface area contributed by atoms with E-state index in [4.69, 9.17) is 21.6 Å². The Balaban J connectivity index is 0.000000140. The van der Waals surface area contributed by atoms with Crippen LogP contribution in [0, 0.1) is 0 Å². The summed E-state index contributed by atoms with van der Waals surface area (Å²) >= 11 is 6.47. The van der Waals surface area contributed by atoms with E-state index in [1.807, 2.05) is 269 Å². The topological polar surface area (TPSA) is 103 Å². The molecular formula is C78H60ClN4O4P4+. The van der Waals surface area contributed by atoms with E-state index in [-0.39, 0.29) is 0 Å². The molecule has 0 spiro atoms. The van der Waals surface area contributed by atoms with E-state index in [9.17, 15) is 9.13 Å². The van der Waals surface area contributed by atoms with Crippen LogP contribution in [0.5, 0.6) is 0 Å². The van der Waals surface area contributed by atoms with Gasteiger partial charge in [0.15, 0.2) is 19.6 Å². The van der Waals surface area contributed by atoms with Crippen molar-refractivity contribution in [2.45, 2.75) is 13.8 Å². The van der Waals surface area contributed by atoms with Crippen molar-refractivity contribution in [1.82, 2.24) is 18.8 Å². The molecule has 0 aliphatic carbocycles. The van der Waals surface area contributed by atoms with Gasteiger partial charge in [-0.3, -0.25) is 8.80 Å². The highest BCUT2D eigenvalue weighted by molar-refractivity contribution is 7.85. The lowest BCUT2D eigenvalue weighted by Gasteiger charge is -2.21. The lowest BCUT2D eigenvalue weighted by Crippen LogP contribution is -2.25. The van der Waals surface area contributed by atoms with Crippen molar-refractivity contribution in [1.29, 1.82) is 0 Å². The summed E-state index contributed by atoms with van der Waals surface area (Å²) in [6.45, 7) is 3.93. The number of fused-ring (bicyclic) bond motifs is 16. The average molecular weight is 1280 g/mol. The lowest BCUT2D eigenvalue weighted by atomic mass is 10.1. The predicted octanol–water partition coefficient (Wildman–Crippen LogP) is 17.0. The second-order valence-electron chi connectivity index (χ2n) is 22.3. The van der Waals surface area contributed by atoms with Crippen LogP contribution in [-0.4, -0.2) is 31.1 Å². The number of benzene rings is 12. The van der Waals surface area contributed by atoms with E-state index in [0.29, 0.717) is 11.2 Å². The molecule has 4 aromatic heterocycles. The Bertz CT molecular complexity index is 5490. The first kappa shape index (κ1) is 59.3. The number of nitrogens with zero attached hydrogens (tertiary/aromatic N) is 4. The molecule has 0 bridgehead atoms. The second kappa shape index (κ2) is 24.8. The fraction of sp³-hybridized carbons (Fsp3) is 0.0513. The molecule has 442 valence electrons. The Kier molecular flexibility index (Phi) is 16.2. The number of pyridine rings is 2. The molecule has 2 unspecified atom stereocenters. The van der Waals surface area contributed by atoms with Crippen molar-refractivity contribution in [2.24, 2.45) is 0 Å². The average Bonchev–Trinajstić information content (AvgIpc) is 1.78. The highest BCUT2D eigenvalue weighted by Crippen LogP contribution is 2.47. The van der Waals surface area contributed by atoms with Crippen LogP contribution in [0.25, 0.3) is 76.7 Å². The Hall–Kier alpha value is -9.34. The summed E-state index contributed by atoms with van der Waals surface area (Å²) in [4.78, 5) is 10.1. The van der Waals surface area contributed by atoms with E-state index in [1.54, 1.807) is 0 Å². The number of rotatable bonds is 11. The number of hydrogen-bond acceptors (Lipinski definition) is 6. The summed E-state index contributed by atoms with van der Waals surface area (Å²) in [5.41, 5.74) is 7.43. The molecule has 0 amide bonds. The molecule has 0 aliphatic heterocycles. The molecule has 4 heterocycles. The summed E-state index contributed by atoms with van der Waals surface area (Å²) in [6, 6.07) is 99.1. The van der Waals surface area contributed by atoms with Crippen LogP contribution in [0.3, 0.4) is 0 Å². The van der Waals surface area contributed by atoms with Crippen LogP contribution in [0.1, 0.15) is 13.8 Å². The molecule has 8 nitrogen and oxygen atoms in total.